The summed E-state index contributed by atoms with van der Waals surface area (Å²) in [5.74, 6) is 1.06. The highest BCUT2D eigenvalue weighted by molar-refractivity contribution is 6.24. The molecular weight excluding hydrogens is 358 g/mol. The minimum absolute atomic E-state index is 0.0245. The Hall–Kier alpha value is -2.00. The average Bonchev–Trinajstić information content (AvgIpc) is 2.72. The van der Waals surface area contributed by atoms with Gasteiger partial charge in [-0.3, -0.25) is 4.79 Å². The summed E-state index contributed by atoms with van der Waals surface area (Å²) in [7, 11) is 1.63. The van der Waals surface area contributed by atoms with Crippen molar-refractivity contribution in [3.05, 3.63) is 65.7 Å². The molecule has 1 aliphatic heterocycles. The van der Waals surface area contributed by atoms with Crippen LogP contribution in [0.5, 0.6) is 5.75 Å². The number of alkyl halides is 1. The van der Waals surface area contributed by atoms with Crippen LogP contribution in [0.2, 0.25) is 0 Å². The molecule has 0 radical (unpaired) electrons. The van der Waals surface area contributed by atoms with Crippen LogP contribution in [0.3, 0.4) is 0 Å². The number of methoxy groups -OCH3 is 1. The van der Waals surface area contributed by atoms with Gasteiger partial charge < -0.3 is 9.64 Å². The van der Waals surface area contributed by atoms with E-state index >= 15 is 0 Å². The predicted molar refractivity (Wildman–Crippen MR) is 108 cm³/mol. The van der Waals surface area contributed by atoms with Crippen LogP contribution in [-0.2, 0) is 0 Å². The van der Waals surface area contributed by atoms with E-state index in [1.165, 1.54) is 18.4 Å². The first-order valence-corrected chi connectivity index (χ1v) is 10.2. The van der Waals surface area contributed by atoms with E-state index < -0.39 is 0 Å². The second kappa shape index (κ2) is 7.55. The number of carbonyl (C=O) groups is 1. The molecule has 2 fully saturated rings. The number of ether oxygens (including phenoxy) is 1. The Morgan fingerprint density at radius 2 is 1.93 bits per heavy atom. The smallest absolute Gasteiger partial charge is 0.254 e. The number of amides is 1. The van der Waals surface area contributed by atoms with Crippen LogP contribution in [-0.4, -0.2) is 29.3 Å². The van der Waals surface area contributed by atoms with Crippen molar-refractivity contribution < 1.29 is 9.53 Å². The molecule has 2 aliphatic rings. The highest BCUT2D eigenvalue weighted by atomic mass is 35.5. The van der Waals surface area contributed by atoms with E-state index in [-0.39, 0.29) is 16.8 Å². The van der Waals surface area contributed by atoms with Gasteiger partial charge in [-0.1, -0.05) is 49.2 Å². The van der Waals surface area contributed by atoms with Gasteiger partial charge in [0.05, 0.1) is 18.0 Å². The first kappa shape index (κ1) is 18.4. The topological polar surface area (TPSA) is 29.5 Å². The molecular formula is C23H26ClNO2. The van der Waals surface area contributed by atoms with Gasteiger partial charge in [0.1, 0.15) is 5.75 Å². The molecule has 142 valence electrons. The lowest BCUT2D eigenvalue weighted by Gasteiger charge is -2.52. The van der Waals surface area contributed by atoms with E-state index in [0.29, 0.717) is 23.8 Å². The molecule has 1 saturated carbocycles. The van der Waals surface area contributed by atoms with Crippen LogP contribution in [0.4, 0.5) is 0 Å². The Kier molecular flexibility index (Phi) is 5.14. The number of likely N-dealkylation sites (tertiary alicyclic amines) is 1. The van der Waals surface area contributed by atoms with Crippen LogP contribution in [0.25, 0.3) is 0 Å². The van der Waals surface area contributed by atoms with Gasteiger partial charge in [-0.05, 0) is 43.0 Å². The Labute approximate surface area is 166 Å². The molecule has 1 aliphatic carbocycles. The van der Waals surface area contributed by atoms with Crippen molar-refractivity contribution in [3.63, 3.8) is 0 Å². The maximum atomic E-state index is 13.5. The number of halogens is 1. The number of piperidine rings is 1. The summed E-state index contributed by atoms with van der Waals surface area (Å²) >= 11 is 7.13. The lowest BCUT2D eigenvalue weighted by Crippen LogP contribution is -2.53. The van der Waals surface area contributed by atoms with Gasteiger partial charge in [-0.25, -0.2) is 0 Å². The number of fused-ring (bicyclic) bond motifs is 1. The third-order valence-electron chi connectivity index (χ3n) is 6.23. The van der Waals surface area contributed by atoms with Crippen molar-refractivity contribution in [1.29, 1.82) is 0 Å². The Morgan fingerprint density at radius 1 is 1.11 bits per heavy atom. The molecule has 1 amide bonds. The molecule has 2 aromatic carbocycles. The lowest BCUT2D eigenvalue weighted by molar-refractivity contribution is 0.0279. The van der Waals surface area contributed by atoms with E-state index in [9.17, 15) is 4.79 Å². The van der Waals surface area contributed by atoms with E-state index in [2.05, 4.69) is 24.3 Å². The molecule has 2 aromatic rings. The number of carbonyl (C=O) groups excluding carboxylic acids is 1. The molecule has 27 heavy (non-hydrogen) atoms. The van der Waals surface area contributed by atoms with E-state index in [1.54, 1.807) is 7.11 Å². The molecule has 0 aromatic heterocycles. The van der Waals surface area contributed by atoms with Crippen molar-refractivity contribution in [2.75, 3.05) is 13.7 Å². The minimum Gasteiger partial charge on any atom is -0.497 e. The molecule has 3 nitrogen and oxygen atoms in total. The van der Waals surface area contributed by atoms with E-state index in [4.69, 9.17) is 16.3 Å². The number of rotatable bonds is 3. The summed E-state index contributed by atoms with van der Waals surface area (Å²) in [6, 6.07) is 17.9. The fourth-order valence-corrected chi connectivity index (χ4v) is 5.30. The Bertz CT molecular complexity index is 809. The van der Waals surface area contributed by atoms with Crippen molar-refractivity contribution in [3.8, 4) is 5.75 Å². The predicted octanol–water partition coefficient (Wildman–Crippen LogP) is 5.45. The van der Waals surface area contributed by atoms with Gasteiger partial charge in [0.2, 0.25) is 0 Å². The van der Waals surface area contributed by atoms with E-state index in [1.807, 2.05) is 35.2 Å². The van der Waals surface area contributed by atoms with Crippen molar-refractivity contribution in [2.24, 2.45) is 5.92 Å². The summed E-state index contributed by atoms with van der Waals surface area (Å²) in [4.78, 5) is 15.3. The van der Waals surface area contributed by atoms with Crippen molar-refractivity contribution in [1.82, 2.24) is 4.90 Å². The van der Waals surface area contributed by atoms with Crippen LogP contribution in [0.1, 0.15) is 54.1 Å². The quantitative estimate of drug-likeness (QED) is 0.659. The third kappa shape index (κ3) is 3.45. The summed E-state index contributed by atoms with van der Waals surface area (Å²) < 4.78 is 5.31. The number of benzene rings is 2. The van der Waals surface area contributed by atoms with Gasteiger partial charge in [-0.2, -0.15) is 0 Å². The second-order valence-corrected chi connectivity index (χ2v) is 8.48. The molecule has 1 saturated heterocycles. The van der Waals surface area contributed by atoms with Crippen LogP contribution >= 0.6 is 11.6 Å². The molecule has 0 N–H and O–H groups in total. The zero-order valence-corrected chi connectivity index (χ0v) is 16.5. The summed E-state index contributed by atoms with van der Waals surface area (Å²) in [6.07, 6.45) is 5.35. The molecule has 0 bridgehead atoms. The molecule has 3 atom stereocenters. The van der Waals surface area contributed by atoms with Crippen LogP contribution in [0, 0.1) is 5.92 Å². The molecule has 0 spiro atoms. The number of hydrogen-bond donors (Lipinski definition) is 0. The highest BCUT2D eigenvalue weighted by Gasteiger charge is 2.50. The van der Waals surface area contributed by atoms with Crippen LogP contribution < -0.4 is 4.74 Å². The molecule has 0 unspecified atom stereocenters. The summed E-state index contributed by atoms with van der Waals surface area (Å²) in [5, 5.41) is 0. The maximum absolute atomic E-state index is 13.5. The van der Waals surface area contributed by atoms with Gasteiger partial charge in [0.15, 0.2) is 0 Å². The molecule has 4 heteroatoms. The first-order valence-electron chi connectivity index (χ1n) is 9.81. The monoisotopic (exact) mass is 383 g/mol. The maximum Gasteiger partial charge on any atom is 0.254 e. The Balaban J connectivity index is 1.73. The third-order valence-corrected chi connectivity index (χ3v) is 6.88. The SMILES string of the molecule is COc1cccc(C(=O)N2CC[C@@]3(Cl)CCCC[C@H]3[C@@H]2c2ccccc2)c1. The standard InChI is InChI=1S/C23H26ClNO2/c1-27-19-11-7-10-18(16-19)22(26)25-15-14-23(24)13-6-5-12-20(23)21(25)17-8-3-2-4-9-17/h2-4,7-11,16,20-21H,5-6,12-15H2,1H3/t20-,21-,23-/m0/s1. The fourth-order valence-electron chi connectivity index (χ4n) is 4.85. The van der Waals surface area contributed by atoms with Gasteiger partial charge in [0, 0.05) is 18.0 Å². The van der Waals surface area contributed by atoms with Crippen LogP contribution in [0.15, 0.2) is 54.6 Å². The van der Waals surface area contributed by atoms with E-state index in [0.717, 1.165) is 19.3 Å². The first-order chi connectivity index (χ1) is 13.1. The average molecular weight is 384 g/mol. The lowest BCUT2D eigenvalue weighted by atomic mass is 9.68. The normalized spacial score (nSPS) is 27.7. The van der Waals surface area contributed by atoms with Crippen molar-refractivity contribution in [2.45, 2.75) is 43.0 Å². The number of nitrogens with zero attached hydrogens (tertiary/aromatic N) is 1. The van der Waals surface area contributed by atoms with Crippen molar-refractivity contribution >= 4 is 17.5 Å². The largest absolute Gasteiger partial charge is 0.497 e. The number of hydrogen-bond acceptors (Lipinski definition) is 2. The zero-order chi connectivity index (χ0) is 18.9. The Morgan fingerprint density at radius 3 is 2.70 bits per heavy atom. The minimum atomic E-state index is -0.191. The summed E-state index contributed by atoms with van der Waals surface area (Å²) in [6.45, 7) is 0.690. The summed E-state index contributed by atoms with van der Waals surface area (Å²) in [5.41, 5.74) is 1.86. The van der Waals surface area contributed by atoms with Gasteiger partial charge in [-0.15, -0.1) is 11.6 Å². The zero-order valence-electron chi connectivity index (χ0n) is 15.7. The fraction of sp³-hybridized carbons (Fsp3) is 0.435. The molecule has 4 rings (SSSR count). The second-order valence-electron chi connectivity index (χ2n) is 7.72. The van der Waals surface area contributed by atoms with Gasteiger partial charge >= 0.3 is 0 Å². The van der Waals surface area contributed by atoms with Gasteiger partial charge in [0.25, 0.3) is 5.91 Å². The molecule has 1 heterocycles. The highest BCUT2D eigenvalue weighted by Crippen LogP contribution is 2.52.